The van der Waals surface area contributed by atoms with Crippen molar-refractivity contribution in [2.24, 2.45) is 0 Å². The third-order valence-corrected chi connectivity index (χ3v) is 26.3. The molecule has 0 fully saturated rings. The lowest BCUT2D eigenvalue weighted by Crippen LogP contribution is -2.60. The normalized spacial score (nSPS) is 13.6. The molecule has 6 heteroatoms. The Morgan fingerprint density at radius 2 is 0.700 bits per heavy atom. The van der Waals surface area contributed by atoms with E-state index in [0.717, 1.165) is 182 Å². The standard InChI is InChI=1S/C114H89BN4S/c1-112(2,3)83-55-51-75(52-56-83)74-47-49-76(50-48-74)89-39-28-40-90(77-53-57-84(58-54-77)113(4,5)6)110(89)119-106-71-86(116-100-41-22-16-33-91(100)92-34-17-23-42-101(92)116)59-60-98(106)115-99-67-81(80-62-78(72-29-12-10-13-30-72)61-79(63-80)73-31-14-11-15-32-73)66-97(111(99)120-108-69-85(114(7,8)9)68-107(119)109(108)115)82-64-87(117-102-43-24-18-35-93(102)94-36-19-25-44-103(94)117)70-88(65-82)118-104-45-26-20-37-95(104)96-38-21-27-46-105(96)118/h10-71H,1-9H3/i16D,22D,23D,33D,34D,41D,42D. The second-order valence-corrected chi connectivity index (χ2v) is 36.5. The predicted octanol–water partition coefficient (Wildman–Crippen LogP) is 29.3. The van der Waals surface area contributed by atoms with Crippen molar-refractivity contribution in [1.82, 2.24) is 13.7 Å². The van der Waals surface area contributed by atoms with Gasteiger partial charge in [0.05, 0.1) is 48.4 Å². The summed E-state index contributed by atoms with van der Waals surface area (Å²) in [4.78, 5) is 4.69. The van der Waals surface area contributed by atoms with Gasteiger partial charge in [-0.3, -0.25) is 0 Å². The molecule has 2 aliphatic heterocycles. The molecule has 0 radical (unpaired) electrons. The van der Waals surface area contributed by atoms with Crippen LogP contribution in [-0.4, -0.2) is 20.4 Å². The molecular formula is C114H89BN4S. The number of benzene rings is 17. The fourth-order valence-corrected chi connectivity index (χ4v) is 20.3. The van der Waals surface area contributed by atoms with Gasteiger partial charge in [0.25, 0.3) is 0 Å². The lowest BCUT2D eigenvalue weighted by molar-refractivity contribution is 0.589. The summed E-state index contributed by atoms with van der Waals surface area (Å²) in [7, 11) is 0. The molecule has 3 aromatic heterocycles. The second kappa shape index (κ2) is 28.0. The molecule has 0 N–H and O–H groups in total. The van der Waals surface area contributed by atoms with Crippen LogP contribution in [0.15, 0.2) is 386 Å². The minimum atomic E-state index is -0.509. The monoisotopic (exact) mass is 1560 g/mol. The average Bonchev–Trinajstić information content (AvgIpc) is 1.13. The Balaban J connectivity index is 0.887. The van der Waals surface area contributed by atoms with Gasteiger partial charge in [-0.2, -0.15) is 0 Å². The maximum absolute atomic E-state index is 10.0. The van der Waals surface area contributed by atoms with E-state index >= 15 is 0 Å². The second-order valence-electron chi connectivity index (χ2n) is 35.5. The number of nitrogens with zero attached hydrogens (tertiary/aromatic N) is 4. The molecule has 0 saturated carbocycles. The number of hydrogen-bond acceptors (Lipinski definition) is 2. The highest BCUT2D eigenvalue weighted by Gasteiger charge is 2.45. The van der Waals surface area contributed by atoms with E-state index in [-0.39, 0.29) is 62.8 Å². The highest BCUT2D eigenvalue weighted by Crippen LogP contribution is 2.54. The first-order chi connectivity index (χ1) is 61.3. The van der Waals surface area contributed by atoms with Crippen LogP contribution in [0.3, 0.4) is 0 Å². The summed E-state index contributed by atoms with van der Waals surface area (Å²) in [6.07, 6.45) is 0. The zero-order valence-electron chi connectivity index (χ0n) is 75.5. The molecule has 22 rings (SSSR count). The lowest BCUT2D eigenvalue weighted by atomic mass is 9.34. The maximum Gasteiger partial charge on any atom is 0.249 e. The Kier molecular flexibility index (Phi) is 15.3. The number of rotatable bonds is 11. The first-order valence-corrected chi connectivity index (χ1v) is 42.5. The quantitative estimate of drug-likeness (QED) is 0.120. The predicted molar refractivity (Wildman–Crippen MR) is 514 cm³/mol. The van der Waals surface area contributed by atoms with Crippen LogP contribution in [0.4, 0.5) is 17.1 Å². The van der Waals surface area contributed by atoms with Gasteiger partial charge < -0.3 is 18.6 Å². The van der Waals surface area contributed by atoms with Crippen LogP contribution >= 0.6 is 11.8 Å². The number of aromatic nitrogens is 3. The Morgan fingerprint density at radius 1 is 0.267 bits per heavy atom. The van der Waals surface area contributed by atoms with Crippen molar-refractivity contribution in [1.29, 1.82) is 0 Å². The van der Waals surface area contributed by atoms with Crippen LogP contribution in [0.1, 0.15) is 88.6 Å². The van der Waals surface area contributed by atoms with Crippen molar-refractivity contribution < 1.29 is 9.60 Å². The average molecular weight is 1560 g/mol. The topological polar surface area (TPSA) is 18.0 Å². The Morgan fingerprint density at radius 3 is 1.23 bits per heavy atom. The summed E-state index contributed by atoms with van der Waals surface area (Å²) >= 11 is 1.84. The summed E-state index contributed by atoms with van der Waals surface area (Å²) in [6, 6.07) is 120. The number of anilines is 3. The first kappa shape index (κ1) is 65.4. The summed E-state index contributed by atoms with van der Waals surface area (Å²) in [5.74, 6) is 0. The third-order valence-electron chi connectivity index (χ3n) is 25.0. The molecule has 17 aromatic carbocycles. The Labute approximate surface area is 716 Å². The van der Waals surface area contributed by atoms with Crippen molar-refractivity contribution in [2.75, 3.05) is 4.90 Å². The SMILES string of the molecule is [2H]c1cc([2H])c2c3c([2H])c([2H])c([2H])c([2H])c3n(-c3ccc4c(c3)N(c3c(-c5ccc(-c6ccc(C(C)(C)C)cc6)cc5)cccc3-c3ccc(C(C)(C)C)cc3)c3cc(C(C)(C)C)cc5c3B4c3cc(-c4cc(-c6ccccc6)cc(-c6ccccc6)c4)cc(-c4cc(-n6c7ccccc7c7ccccc76)cc(-n6c7ccccc7c7ccccc76)c4)c3S5)c2c1[2H]. The molecule has 4 nitrogen and oxygen atoms in total. The van der Waals surface area contributed by atoms with Gasteiger partial charge in [-0.1, -0.05) is 352 Å². The van der Waals surface area contributed by atoms with Crippen LogP contribution in [-0.2, 0) is 16.2 Å². The first-order valence-electron chi connectivity index (χ1n) is 45.1. The van der Waals surface area contributed by atoms with Gasteiger partial charge in [-0.15, -0.1) is 0 Å². The molecule has 0 atom stereocenters. The highest BCUT2D eigenvalue weighted by molar-refractivity contribution is 8.00. The summed E-state index contributed by atoms with van der Waals surface area (Å²) in [5.41, 5.74) is 30.6. The summed E-state index contributed by atoms with van der Waals surface area (Å²) in [5, 5.41) is 4.94. The van der Waals surface area contributed by atoms with E-state index < -0.39 is 24.2 Å². The molecule has 0 bridgehead atoms. The molecular weight excluding hydrogens is 1470 g/mol. The highest BCUT2D eigenvalue weighted by atomic mass is 32.2. The van der Waals surface area contributed by atoms with E-state index in [4.69, 9.17) is 0 Å². The molecule has 2 aliphatic rings. The van der Waals surface area contributed by atoms with Crippen molar-refractivity contribution >= 4 is 117 Å². The zero-order valence-corrected chi connectivity index (χ0v) is 69.3. The minimum Gasteiger partial charge on any atom is -0.310 e. The molecule has 0 saturated heterocycles. The number of para-hydroxylation sites is 7. The van der Waals surface area contributed by atoms with Crippen LogP contribution in [0.5, 0.6) is 0 Å². The zero-order chi connectivity index (χ0) is 87.1. The van der Waals surface area contributed by atoms with Gasteiger partial charge in [0, 0.05) is 81.7 Å². The Hall–Kier alpha value is -13.6. The summed E-state index contributed by atoms with van der Waals surface area (Å²) in [6.45, 7) is 19.9. The molecule has 574 valence electrons. The lowest BCUT2D eigenvalue weighted by Gasteiger charge is -2.43. The Bertz CT molecular complexity index is 7690. The van der Waals surface area contributed by atoms with Gasteiger partial charge in [0.1, 0.15) is 0 Å². The van der Waals surface area contributed by atoms with Gasteiger partial charge in [0.2, 0.25) is 6.71 Å². The van der Waals surface area contributed by atoms with E-state index in [9.17, 15) is 9.60 Å². The van der Waals surface area contributed by atoms with Crippen LogP contribution in [0, 0.1) is 0 Å². The van der Waals surface area contributed by atoms with Crippen LogP contribution in [0.25, 0.3) is 160 Å². The summed E-state index contributed by atoms with van der Waals surface area (Å²) < 4.78 is 74.2. The van der Waals surface area contributed by atoms with Gasteiger partial charge in [-0.25, -0.2) is 0 Å². The van der Waals surface area contributed by atoms with Crippen molar-refractivity contribution in [3.63, 3.8) is 0 Å². The van der Waals surface area contributed by atoms with Gasteiger partial charge >= 0.3 is 0 Å². The van der Waals surface area contributed by atoms with Crippen molar-refractivity contribution in [3.8, 4) is 95.0 Å². The van der Waals surface area contributed by atoms with Crippen LogP contribution in [0.2, 0.25) is 0 Å². The smallest absolute Gasteiger partial charge is 0.249 e. The number of fused-ring (bicyclic) bond motifs is 13. The molecule has 120 heavy (non-hydrogen) atoms. The van der Waals surface area contributed by atoms with Crippen LogP contribution < -0.4 is 21.3 Å². The van der Waals surface area contributed by atoms with E-state index in [1.165, 1.54) is 17.2 Å². The minimum absolute atomic E-state index is 0.0191. The fraction of sp³-hybridized carbons (Fsp3) is 0.105. The van der Waals surface area contributed by atoms with E-state index in [1.807, 2.05) is 17.8 Å². The van der Waals surface area contributed by atoms with Crippen molar-refractivity contribution in [2.45, 2.75) is 88.3 Å². The van der Waals surface area contributed by atoms with E-state index in [2.05, 4.69) is 398 Å². The fourth-order valence-electron chi connectivity index (χ4n) is 19.0. The van der Waals surface area contributed by atoms with E-state index in [0.29, 0.717) is 5.69 Å². The molecule has 5 heterocycles. The van der Waals surface area contributed by atoms with Gasteiger partial charge in [-0.05, 0) is 214 Å². The van der Waals surface area contributed by atoms with E-state index in [1.54, 1.807) is 4.57 Å². The molecule has 0 spiro atoms. The largest absolute Gasteiger partial charge is 0.310 e. The van der Waals surface area contributed by atoms with Crippen molar-refractivity contribution in [3.05, 3.63) is 393 Å². The third kappa shape index (κ3) is 12.1. The molecule has 0 amide bonds. The molecule has 20 aromatic rings. The maximum atomic E-state index is 10.0. The molecule has 0 unspecified atom stereocenters. The molecule has 0 aliphatic carbocycles. The van der Waals surface area contributed by atoms with Gasteiger partial charge in [0.15, 0.2) is 0 Å². The number of hydrogen-bond donors (Lipinski definition) is 0.